The number of hydrogen-bond donors (Lipinski definition) is 0. The number of methoxy groups -OCH3 is 1. The Hall–Kier alpha value is -2.56. The lowest BCUT2D eigenvalue weighted by molar-refractivity contribution is -0.143. The summed E-state index contributed by atoms with van der Waals surface area (Å²) in [4.78, 5) is 28.7. The fourth-order valence-corrected chi connectivity index (χ4v) is 4.22. The standard InChI is InChI=1S/C22H26N2O3/c1-27-22(26)16-5-8-19(9-6-16)24-14-11-17-15-18(7-10-20(17)24)21(25)23-12-3-2-4-13-23/h5,7-10,15-16H,2-4,6,11-14H2,1H3. The number of anilines is 1. The molecule has 1 saturated heterocycles. The van der Waals surface area contributed by atoms with Gasteiger partial charge in [0, 0.05) is 36.6 Å². The number of benzene rings is 1. The highest BCUT2D eigenvalue weighted by molar-refractivity contribution is 5.95. The molecule has 5 heteroatoms. The molecule has 3 aliphatic rings. The molecule has 0 saturated carbocycles. The second-order valence-electron chi connectivity index (χ2n) is 7.45. The van der Waals surface area contributed by atoms with Gasteiger partial charge in [0.15, 0.2) is 0 Å². The second-order valence-corrected chi connectivity index (χ2v) is 7.45. The van der Waals surface area contributed by atoms with E-state index in [2.05, 4.69) is 23.1 Å². The number of allylic oxidation sites excluding steroid dienone is 2. The van der Waals surface area contributed by atoms with Crippen LogP contribution in [-0.4, -0.2) is 43.5 Å². The zero-order chi connectivity index (χ0) is 18.8. The number of carbonyl (C=O) groups excluding carboxylic acids is 2. The van der Waals surface area contributed by atoms with Gasteiger partial charge in [0.05, 0.1) is 13.0 Å². The van der Waals surface area contributed by atoms with Gasteiger partial charge in [0.1, 0.15) is 0 Å². The van der Waals surface area contributed by atoms with Crippen LogP contribution in [0.3, 0.4) is 0 Å². The number of ether oxygens (including phenoxy) is 1. The lowest BCUT2D eigenvalue weighted by atomic mass is 9.99. The van der Waals surface area contributed by atoms with Gasteiger partial charge in [-0.25, -0.2) is 0 Å². The number of amides is 1. The molecule has 1 amide bonds. The Morgan fingerprint density at radius 2 is 1.93 bits per heavy atom. The van der Waals surface area contributed by atoms with E-state index in [4.69, 9.17) is 4.74 Å². The molecule has 1 aromatic rings. The fraction of sp³-hybridized carbons (Fsp3) is 0.455. The van der Waals surface area contributed by atoms with E-state index < -0.39 is 0 Å². The Labute approximate surface area is 160 Å². The Kier molecular flexibility index (Phi) is 5.01. The van der Waals surface area contributed by atoms with Crippen molar-refractivity contribution < 1.29 is 14.3 Å². The normalized spacial score (nSPS) is 21.7. The average Bonchev–Trinajstić information content (AvgIpc) is 3.16. The molecule has 0 bridgehead atoms. The number of fused-ring (bicyclic) bond motifs is 1. The third-order valence-corrected chi connectivity index (χ3v) is 5.76. The van der Waals surface area contributed by atoms with Crippen molar-refractivity contribution in [3.8, 4) is 0 Å². The molecule has 0 radical (unpaired) electrons. The molecular weight excluding hydrogens is 340 g/mol. The van der Waals surface area contributed by atoms with Gasteiger partial charge in [0.25, 0.3) is 5.91 Å². The van der Waals surface area contributed by atoms with Crippen LogP contribution in [0.15, 0.2) is 42.1 Å². The first-order valence-corrected chi connectivity index (χ1v) is 9.83. The number of piperidine rings is 1. The predicted molar refractivity (Wildman–Crippen MR) is 105 cm³/mol. The molecule has 2 aliphatic heterocycles. The molecule has 5 nitrogen and oxygen atoms in total. The summed E-state index contributed by atoms with van der Waals surface area (Å²) >= 11 is 0. The van der Waals surface area contributed by atoms with Crippen LogP contribution < -0.4 is 4.90 Å². The highest BCUT2D eigenvalue weighted by atomic mass is 16.5. The van der Waals surface area contributed by atoms with Crippen molar-refractivity contribution in [1.29, 1.82) is 0 Å². The molecule has 27 heavy (non-hydrogen) atoms. The van der Waals surface area contributed by atoms with E-state index in [1.807, 2.05) is 23.1 Å². The van der Waals surface area contributed by atoms with Crippen molar-refractivity contribution in [2.75, 3.05) is 31.6 Å². The lowest BCUT2D eigenvalue weighted by Crippen LogP contribution is -2.35. The van der Waals surface area contributed by atoms with Gasteiger partial charge in [-0.3, -0.25) is 9.59 Å². The molecule has 142 valence electrons. The first kappa shape index (κ1) is 17.8. The maximum Gasteiger partial charge on any atom is 0.312 e. The average molecular weight is 366 g/mol. The summed E-state index contributed by atoms with van der Waals surface area (Å²) in [6, 6.07) is 6.09. The number of hydrogen-bond acceptors (Lipinski definition) is 4. The van der Waals surface area contributed by atoms with Crippen LogP contribution in [0.2, 0.25) is 0 Å². The summed E-state index contributed by atoms with van der Waals surface area (Å²) in [5, 5.41) is 0. The minimum absolute atomic E-state index is 0.161. The van der Waals surface area contributed by atoms with E-state index in [0.717, 1.165) is 55.8 Å². The van der Waals surface area contributed by atoms with Crippen molar-refractivity contribution in [2.45, 2.75) is 32.1 Å². The van der Waals surface area contributed by atoms with Crippen LogP contribution in [0.4, 0.5) is 5.69 Å². The lowest BCUT2D eigenvalue weighted by Gasteiger charge is -2.27. The fourth-order valence-electron chi connectivity index (χ4n) is 4.22. The molecule has 4 rings (SSSR count). The minimum Gasteiger partial charge on any atom is -0.469 e. The summed E-state index contributed by atoms with van der Waals surface area (Å²) in [7, 11) is 1.43. The molecule has 0 N–H and O–H groups in total. The van der Waals surface area contributed by atoms with Gasteiger partial charge in [0.2, 0.25) is 0 Å². The largest absolute Gasteiger partial charge is 0.469 e. The van der Waals surface area contributed by atoms with Crippen LogP contribution in [-0.2, 0) is 16.0 Å². The third kappa shape index (κ3) is 3.51. The molecule has 1 atom stereocenters. The molecule has 0 spiro atoms. The Morgan fingerprint density at radius 1 is 1.11 bits per heavy atom. The van der Waals surface area contributed by atoms with Gasteiger partial charge in [-0.05, 0) is 61.9 Å². The summed E-state index contributed by atoms with van der Waals surface area (Å²) in [5.41, 5.74) is 4.31. The number of likely N-dealkylation sites (tertiary alicyclic amines) is 1. The highest BCUT2D eigenvalue weighted by Gasteiger charge is 2.26. The van der Waals surface area contributed by atoms with Crippen molar-refractivity contribution in [2.24, 2.45) is 5.92 Å². The summed E-state index contributed by atoms with van der Waals surface area (Å²) in [5.74, 6) is -0.219. The topological polar surface area (TPSA) is 49.9 Å². The van der Waals surface area contributed by atoms with Crippen molar-refractivity contribution >= 4 is 17.6 Å². The number of esters is 1. The SMILES string of the molecule is COC(=O)C1C=CC(N2CCc3cc(C(=O)N4CCCCC4)ccc32)=CC1. The van der Waals surface area contributed by atoms with Gasteiger partial charge in [-0.1, -0.05) is 12.2 Å². The predicted octanol–water partition coefficient (Wildman–Crippen LogP) is 3.31. The van der Waals surface area contributed by atoms with E-state index in [-0.39, 0.29) is 17.8 Å². The zero-order valence-electron chi connectivity index (χ0n) is 15.8. The second kappa shape index (κ2) is 7.59. The molecule has 1 unspecified atom stereocenters. The molecular formula is C22H26N2O3. The van der Waals surface area contributed by atoms with E-state index in [9.17, 15) is 9.59 Å². The van der Waals surface area contributed by atoms with E-state index in [1.165, 1.54) is 19.1 Å². The molecule has 1 aromatic carbocycles. The molecule has 2 heterocycles. The van der Waals surface area contributed by atoms with E-state index in [1.54, 1.807) is 0 Å². The van der Waals surface area contributed by atoms with Crippen LogP contribution in [0.5, 0.6) is 0 Å². The van der Waals surface area contributed by atoms with Gasteiger partial charge in [-0.2, -0.15) is 0 Å². The monoisotopic (exact) mass is 366 g/mol. The number of nitrogens with zero attached hydrogens (tertiary/aromatic N) is 2. The van der Waals surface area contributed by atoms with Crippen molar-refractivity contribution in [1.82, 2.24) is 4.90 Å². The maximum atomic E-state index is 12.8. The first-order chi connectivity index (χ1) is 13.2. The summed E-state index contributed by atoms with van der Waals surface area (Å²) in [6.07, 6.45) is 11.1. The maximum absolute atomic E-state index is 12.8. The summed E-state index contributed by atoms with van der Waals surface area (Å²) in [6.45, 7) is 2.65. The zero-order valence-corrected chi connectivity index (χ0v) is 15.8. The van der Waals surface area contributed by atoms with Crippen LogP contribution in [0.25, 0.3) is 0 Å². The Bertz CT molecular complexity index is 806. The van der Waals surface area contributed by atoms with Crippen LogP contribution in [0, 0.1) is 5.92 Å². The quantitative estimate of drug-likeness (QED) is 0.770. The number of rotatable bonds is 3. The Morgan fingerprint density at radius 3 is 2.63 bits per heavy atom. The highest BCUT2D eigenvalue weighted by Crippen LogP contribution is 2.34. The first-order valence-electron chi connectivity index (χ1n) is 9.83. The molecule has 1 aliphatic carbocycles. The number of carbonyl (C=O) groups is 2. The smallest absolute Gasteiger partial charge is 0.312 e. The van der Waals surface area contributed by atoms with Gasteiger partial charge in [-0.15, -0.1) is 0 Å². The van der Waals surface area contributed by atoms with Gasteiger partial charge >= 0.3 is 5.97 Å². The van der Waals surface area contributed by atoms with E-state index >= 15 is 0 Å². The Balaban J connectivity index is 1.49. The van der Waals surface area contributed by atoms with Crippen molar-refractivity contribution in [3.63, 3.8) is 0 Å². The molecule has 0 aromatic heterocycles. The van der Waals surface area contributed by atoms with Crippen molar-refractivity contribution in [3.05, 3.63) is 53.3 Å². The summed E-state index contributed by atoms with van der Waals surface area (Å²) < 4.78 is 4.82. The van der Waals surface area contributed by atoms with E-state index in [0.29, 0.717) is 6.42 Å². The van der Waals surface area contributed by atoms with Gasteiger partial charge < -0.3 is 14.5 Å². The third-order valence-electron chi connectivity index (χ3n) is 5.76. The van der Waals surface area contributed by atoms with Crippen LogP contribution in [0.1, 0.15) is 41.6 Å². The minimum atomic E-state index is -0.191. The van der Waals surface area contributed by atoms with Crippen LogP contribution >= 0.6 is 0 Å². The molecule has 1 fully saturated rings.